The van der Waals surface area contributed by atoms with E-state index in [0.29, 0.717) is 61.4 Å². The molecule has 0 aliphatic carbocycles. The van der Waals surface area contributed by atoms with Gasteiger partial charge in [-0.3, -0.25) is 14.4 Å². The molecule has 0 bridgehead atoms. The molecule has 0 saturated carbocycles. The number of nitrogens with zero attached hydrogens (tertiary/aromatic N) is 2. The van der Waals surface area contributed by atoms with E-state index in [1.54, 1.807) is 47.4 Å². The van der Waals surface area contributed by atoms with Gasteiger partial charge in [0.25, 0.3) is 17.7 Å². The summed E-state index contributed by atoms with van der Waals surface area (Å²) in [6.07, 6.45) is 1.45. The molecule has 2 aromatic carbocycles. The number of imide groups is 1. The molecule has 2 fully saturated rings. The second kappa shape index (κ2) is 8.96. The van der Waals surface area contributed by atoms with Crippen LogP contribution in [0.4, 0.5) is 5.69 Å². The summed E-state index contributed by atoms with van der Waals surface area (Å²) in [4.78, 5) is 42.0. The number of carbonyl (C=O) groups is 3. The Morgan fingerprint density at radius 3 is 2.30 bits per heavy atom. The Hall–Kier alpha value is -3.23. The predicted octanol–water partition coefficient (Wildman–Crippen LogP) is 3.11. The van der Waals surface area contributed by atoms with E-state index in [9.17, 15) is 14.4 Å². The van der Waals surface area contributed by atoms with E-state index in [0.717, 1.165) is 17.7 Å². The third-order valence-electron chi connectivity index (χ3n) is 6.40. The molecular formula is C25H26N2O6. The molecule has 0 atom stereocenters. The Kier molecular flexibility index (Phi) is 5.86. The van der Waals surface area contributed by atoms with Crippen LogP contribution in [0.1, 0.15) is 50.8 Å². The summed E-state index contributed by atoms with van der Waals surface area (Å²) in [5, 5.41) is 0. The van der Waals surface area contributed by atoms with Crippen LogP contribution in [0.5, 0.6) is 5.75 Å². The normalized spacial score (nSPS) is 19.3. The molecule has 2 aromatic rings. The fourth-order valence-electron chi connectivity index (χ4n) is 4.67. The van der Waals surface area contributed by atoms with E-state index >= 15 is 0 Å². The first kappa shape index (κ1) is 21.6. The minimum atomic E-state index is -0.428. The Morgan fingerprint density at radius 1 is 0.970 bits per heavy atom. The second-order valence-corrected chi connectivity index (χ2v) is 8.37. The van der Waals surface area contributed by atoms with Crippen LogP contribution in [-0.4, -0.2) is 61.8 Å². The molecule has 172 valence electrons. The van der Waals surface area contributed by atoms with E-state index < -0.39 is 11.8 Å². The van der Waals surface area contributed by atoms with Gasteiger partial charge in [-0.05, 0) is 62.2 Å². The minimum Gasteiger partial charge on any atom is -0.494 e. The number of rotatable bonds is 5. The average Bonchev–Trinajstić information content (AvgIpc) is 3.47. The summed E-state index contributed by atoms with van der Waals surface area (Å²) >= 11 is 0. The van der Waals surface area contributed by atoms with Crippen LogP contribution in [-0.2, 0) is 9.47 Å². The number of ether oxygens (including phenoxy) is 3. The maximum Gasteiger partial charge on any atom is 0.266 e. The lowest BCUT2D eigenvalue weighted by Crippen LogP contribution is -2.41. The van der Waals surface area contributed by atoms with Gasteiger partial charge in [0.15, 0.2) is 6.29 Å². The van der Waals surface area contributed by atoms with Crippen molar-refractivity contribution < 1.29 is 28.6 Å². The summed E-state index contributed by atoms with van der Waals surface area (Å²) in [7, 11) is 0. The SMILES string of the molecule is CCOc1ccc(N2C(=O)c3ccc(C(=O)N4CCC(C5OCCO5)CC4)cc3C2=O)cc1. The van der Waals surface area contributed by atoms with Crippen molar-refractivity contribution in [1.82, 2.24) is 4.90 Å². The van der Waals surface area contributed by atoms with Crippen LogP contribution in [0.3, 0.4) is 0 Å². The van der Waals surface area contributed by atoms with Crippen molar-refractivity contribution in [2.24, 2.45) is 5.92 Å². The monoisotopic (exact) mass is 450 g/mol. The van der Waals surface area contributed by atoms with E-state index in [1.807, 2.05) is 6.92 Å². The van der Waals surface area contributed by atoms with Gasteiger partial charge in [-0.2, -0.15) is 0 Å². The van der Waals surface area contributed by atoms with Crippen LogP contribution in [0.2, 0.25) is 0 Å². The van der Waals surface area contributed by atoms with E-state index in [2.05, 4.69) is 0 Å². The van der Waals surface area contributed by atoms with Gasteiger partial charge in [0.05, 0.1) is 36.6 Å². The largest absolute Gasteiger partial charge is 0.494 e. The van der Waals surface area contributed by atoms with Crippen molar-refractivity contribution in [1.29, 1.82) is 0 Å². The smallest absolute Gasteiger partial charge is 0.266 e. The molecule has 5 rings (SSSR count). The summed E-state index contributed by atoms with van der Waals surface area (Å²) in [5.74, 6) is 0.00173. The van der Waals surface area contributed by atoms with Crippen LogP contribution in [0, 0.1) is 5.92 Å². The molecule has 8 heteroatoms. The molecular weight excluding hydrogens is 424 g/mol. The van der Waals surface area contributed by atoms with Gasteiger partial charge in [0.2, 0.25) is 0 Å². The molecule has 3 aliphatic rings. The quantitative estimate of drug-likeness (QED) is 0.651. The number of hydrogen-bond acceptors (Lipinski definition) is 6. The molecule has 3 aliphatic heterocycles. The Bertz CT molecular complexity index is 1070. The third-order valence-corrected chi connectivity index (χ3v) is 6.40. The highest BCUT2D eigenvalue weighted by atomic mass is 16.7. The topological polar surface area (TPSA) is 85.4 Å². The van der Waals surface area contributed by atoms with E-state index in [4.69, 9.17) is 14.2 Å². The van der Waals surface area contributed by atoms with Gasteiger partial charge >= 0.3 is 0 Å². The summed E-state index contributed by atoms with van der Waals surface area (Å²) in [6.45, 7) is 4.88. The molecule has 3 amide bonds. The van der Waals surface area contributed by atoms with Gasteiger partial charge in [0.1, 0.15) is 5.75 Å². The van der Waals surface area contributed by atoms with Crippen molar-refractivity contribution in [3.63, 3.8) is 0 Å². The van der Waals surface area contributed by atoms with Gasteiger partial charge in [-0.1, -0.05) is 0 Å². The van der Waals surface area contributed by atoms with Crippen molar-refractivity contribution in [2.45, 2.75) is 26.1 Å². The van der Waals surface area contributed by atoms with Gasteiger partial charge in [-0.15, -0.1) is 0 Å². The molecule has 0 aromatic heterocycles. The van der Waals surface area contributed by atoms with Crippen molar-refractivity contribution in [3.05, 3.63) is 59.2 Å². The molecule has 0 N–H and O–H groups in total. The Balaban J connectivity index is 1.30. The van der Waals surface area contributed by atoms with Crippen molar-refractivity contribution >= 4 is 23.4 Å². The number of anilines is 1. The molecule has 8 nitrogen and oxygen atoms in total. The molecule has 2 saturated heterocycles. The van der Waals surface area contributed by atoms with Gasteiger partial charge in [-0.25, -0.2) is 4.90 Å². The van der Waals surface area contributed by atoms with Crippen LogP contribution in [0.25, 0.3) is 0 Å². The number of hydrogen-bond donors (Lipinski definition) is 0. The third kappa shape index (κ3) is 4.00. The molecule has 3 heterocycles. The average molecular weight is 450 g/mol. The minimum absolute atomic E-state index is 0.135. The highest BCUT2D eigenvalue weighted by Crippen LogP contribution is 2.31. The molecule has 0 spiro atoms. The second-order valence-electron chi connectivity index (χ2n) is 8.37. The maximum atomic E-state index is 13.1. The number of piperidine rings is 1. The van der Waals surface area contributed by atoms with Crippen molar-refractivity contribution in [3.8, 4) is 5.75 Å². The summed E-state index contributed by atoms with van der Waals surface area (Å²) in [5.41, 5.74) is 1.44. The van der Waals surface area contributed by atoms with E-state index in [1.165, 1.54) is 0 Å². The fourth-order valence-corrected chi connectivity index (χ4v) is 4.67. The lowest BCUT2D eigenvalue weighted by Gasteiger charge is -2.34. The molecule has 0 radical (unpaired) electrons. The highest BCUT2D eigenvalue weighted by molar-refractivity contribution is 6.34. The molecule has 0 unspecified atom stereocenters. The maximum absolute atomic E-state index is 13.1. The lowest BCUT2D eigenvalue weighted by molar-refractivity contribution is -0.0956. The Morgan fingerprint density at radius 2 is 1.64 bits per heavy atom. The zero-order chi connectivity index (χ0) is 22.9. The van der Waals surface area contributed by atoms with Crippen molar-refractivity contribution in [2.75, 3.05) is 37.8 Å². The number of benzene rings is 2. The van der Waals surface area contributed by atoms with Crippen LogP contribution in [0.15, 0.2) is 42.5 Å². The van der Waals surface area contributed by atoms with Crippen LogP contribution < -0.4 is 9.64 Å². The van der Waals surface area contributed by atoms with Gasteiger partial charge < -0.3 is 19.1 Å². The van der Waals surface area contributed by atoms with Gasteiger partial charge in [0, 0.05) is 24.6 Å². The number of likely N-dealkylation sites (tertiary alicyclic amines) is 1. The zero-order valence-corrected chi connectivity index (χ0v) is 18.5. The first-order valence-corrected chi connectivity index (χ1v) is 11.3. The lowest BCUT2D eigenvalue weighted by atomic mass is 9.95. The van der Waals surface area contributed by atoms with Crippen LogP contribution >= 0.6 is 0 Å². The Labute approximate surface area is 192 Å². The first-order valence-electron chi connectivity index (χ1n) is 11.3. The zero-order valence-electron chi connectivity index (χ0n) is 18.5. The number of amides is 3. The summed E-state index contributed by atoms with van der Waals surface area (Å²) in [6, 6.07) is 11.6. The van der Waals surface area contributed by atoms with E-state index in [-0.39, 0.29) is 17.8 Å². The number of carbonyl (C=O) groups excluding carboxylic acids is 3. The number of fused-ring (bicyclic) bond motifs is 1. The fraction of sp³-hybridized carbons (Fsp3) is 0.400. The predicted molar refractivity (Wildman–Crippen MR) is 120 cm³/mol. The summed E-state index contributed by atoms with van der Waals surface area (Å²) < 4.78 is 16.6. The standard InChI is InChI=1S/C25H26N2O6/c1-2-31-19-6-4-18(5-7-19)27-23(29)20-8-3-17(15-21(20)24(27)30)22(28)26-11-9-16(10-12-26)25-32-13-14-33-25/h3-8,15-16,25H,2,9-14H2,1H3. The first-order chi connectivity index (χ1) is 16.1. The highest BCUT2D eigenvalue weighted by Gasteiger charge is 2.38. The molecule has 33 heavy (non-hydrogen) atoms.